The highest BCUT2D eigenvalue weighted by Gasteiger charge is 2.20. The summed E-state index contributed by atoms with van der Waals surface area (Å²) >= 11 is 0. The van der Waals surface area contributed by atoms with Crippen LogP contribution in [0.3, 0.4) is 0 Å². The van der Waals surface area contributed by atoms with Gasteiger partial charge in [-0.25, -0.2) is 0 Å². The van der Waals surface area contributed by atoms with E-state index in [-0.39, 0.29) is 11.8 Å². The van der Waals surface area contributed by atoms with Gasteiger partial charge in [-0.2, -0.15) is 0 Å². The van der Waals surface area contributed by atoms with E-state index in [1.807, 2.05) is 32.3 Å². The normalized spacial score (nSPS) is 13.0. The number of carbonyl (C=O) groups is 1. The smallest absolute Gasteiger partial charge is 0.308 e. The number of H-pyrrole nitrogens is 1. The van der Waals surface area contributed by atoms with Gasteiger partial charge in [-0.15, -0.1) is 0 Å². The van der Waals surface area contributed by atoms with Crippen LogP contribution in [0.4, 0.5) is 0 Å². The lowest BCUT2D eigenvalue weighted by atomic mass is 9.96. The standard InChI is InChI=1S/C11H18N2O2/c1-8(2)10(11(14)15)7-13-6-9-3-4-12-5-9/h3-5,8,10,12-13H,6-7H2,1-2H3,(H,14,15). The van der Waals surface area contributed by atoms with E-state index in [1.165, 1.54) is 0 Å². The van der Waals surface area contributed by atoms with Gasteiger partial charge in [-0.05, 0) is 17.5 Å². The van der Waals surface area contributed by atoms with Gasteiger partial charge in [-0.3, -0.25) is 4.79 Å². The third kappa shape index (κ3) is 3.75. The van der Waals surface area contributed by atoms with Gasteiger partial charge in [0.05, 0.1) is 5.92 Å². The molecule has 0 spiro atoms. The lowest BCUT2D eigenvalue weighted by Gasteiger charge is -2.16. The van der Waals surface area contributed by atoms with E-state index in [1.54, 1.807) is 0 Å². The summed E-state index contributed by atoms with van der Waals surface area (Å²) in [5, 5.41) is 12.1. The van der Waals surface area contributed by atoms with Crippen LogP contribution in [-0.2, 0) is 11.3 Å². The lowest BCUT2D eigenvalue weighted by Crippen LogP contribution is -2.31. The zero-order valence-corrected chi connectivity index (χ0v) is 9.16. The highest BCUT2D eigenvalue weighted by Crippen LogP contribution is 2.09. The molecule has 0 aliphatic carbocycles. The van der Waals surface area contributed by atoms with E-state index < -0.39 is 5.97 Å². The molecule has 1 unspecified atom stereocenters. The zero-order valence-electron chi connectivity index (χ0n) is 9.16. The molecule has 0 amide bonds. The maximum absolute atomic E-state index is 10.9. The Kier molecular flexibility index (Phi) is 4.37. The third-order valence-corrected chi connectivity index (χ3v) is 2.48. The maximum Gasteiger partial charge on any atom is 0.308 e. The summed E-state index contributed by atoms with van der Waals surface area (Å²) in [4.78, 5) is 13.8. The van der Waals surface area contributed by atoms with Crippen LogP contribution in [0.15, 0.2) is 18.5 Å². The number of rotatable bonds is 6. The zero-order chi connectivity index (χ0) is 11.3. The molecule has 1 rings (SSSR count). The van der Waals surface area contributed by atoms with Crippen molar-refractivity contribution in [2.75, 3.05) is 6.54 Å². The van der Waals surface area contributed by atoms with Crippen molar-refractivity contribution >= 4 is 5.97 Å². The van der Waals surface area contributed by atoms with Crippen molar-refractivity contribution in [1.82, 2.24) is 10.3 Å². The highest BCUT2D eigenvalue weighted by atomic mass is 16.4. The number of carboxylic acid groups (broad SMARTS) is 1. The summed E-state index contributed by atoms with van der Waals surface area (Å²) in [5.41, 5.74) is 1.14. The first-order chi connectivity index (χ1) is 7.11. The number of nitrogens with one attached hydrogen (secondary N) is 2. The van der Waals surface area contributed by atoms with E-state index in [9.17, 15) is 4.79 Å². The Morgan fingerprint density at radius 2 is 2.33 bits per heavy atom. The molecule has 1 aromatic rings. The van der Waals surface area contributed by atoms with Crippen molar-refractivity contribution in [3.05, 3.63) is 24.0 Å². The van der Waals surface area contributed by atoms with Gasteiger partial charge in [0.2, 0.25) is 0 Å². The van der Waals surface area contributed by atoms with Crippen LogP contribution in [0.5, 0.6) is 0 Å². The Balaban J connectivity index is 2.31. The van der Waals surface area contributed by atoms with Gasteiger partial charge in [0.25, 0.3) is 0 Å². The summed E-state index contributed by atoms with van der Waals surface area (Å²) in [6.07, 6.45) is 3.76. The molecule has 84 valence electrons. The van der Waals surface area contributed by atoms with Crippen molar-refractivity contribution in [3.8, 4) is 0 Å². The molecule has 4 heteroatoms. The number of carboxylic acids is 1. The minimum Gasteiger partial charge on any atom is -0.481 e. The fraction of sp³-hybridized carbons (Fsp3) is 0.545. The molecule has 0 aliphatic rings. The van der Waals surface area contributed by atoms with Crippen LogP contribution in [0, 0.1) is 11.8 Å². The number of aliphatic carboxylic acids is 1. The molecular formula is C11H18N2O2. The quantitative estimate of drug-likeness (QED) is 0.666. The predicted molar refractivity (Wildman–Crippen MR) is 58.5 cm³/mol. The Morgan fingerprint density at radius 3 is 2.80 bits per heavy atom. The molecule has 4 nitrogen and oxygen atoms in total. The van der Waals surface area contributed by atoms with Crippen LogP contribution < -0.4 is 5.32 Å². The third-order valence-electron chi connectivity index (χ3n) is 2.48. The molecule has 1 heterocycles. The van der Waals surface area contributed by atoms with Crippen molar-refractivity contribution in [2.24, 2.45) is 11.8 Å². The van der Waals surface area contributed by atoms with Gasteiger partial charge in [0.1, 0.15) is 0 Å². The summed E-state index contributed by atoms with van der Waals surface area (Å²) < 4.78 is 0. The molecule has 0 aromatic carbocycles. The number of aromatic amines is 1. The first-order valence-corrected chi connectivity index (χ1v) is 5.16. The topological polar surface area (TPSA) is 65.1 Å². The van der Waals surface area contributed by atoms with Crippen LogP contribution in [0.25, 0.3) is 0 Å². The van der Waals surface area contributed by atoms with Crippen molar-refractivity contribution in [2.45, 2.75) is 20.4 Å². The number of hydrogen-bond donors (Lipinski definition) is 3. The second-order valence-electron chi connectivity index (χ2n) is 4.04. The van der Waals surface area contributed by atoms with Crippen molar-refractivity contribution in [1.29, 1.82) is 0 Å². The molecule has 0 saturated heterocycles. The molecule has 15 heavy (non-hydrogen) atoms. The van der Waals surface area contributed by atoms with Crippen LogP contribution in [0.2, 0.25) is 0 Å². The van der Waals surface area contributed by atoms with Crippen molar-refractivity contribution in [3.63, 3.8) is 0 Å². The Labute approximate surface area is 89.7 Å². The van der Waals surface area contributed by atoms with Gasteiger partial charge in [0, 0.05) is 25.5 Å². The summed E-state index contributed by atoms with van der Waals surface area (Å²) in [6, 6.07) is 1.97. The molecule has 1 aromatic heterocycles. The minimum atomic E-state index is -0.730. The van der Waals surface area contributed by atoms with Gasteiger partial charge >= 0.3 is 5.97 Å². The SMILES string of the molecule is CC(C)C(CNCc1cc[nH]c1)C(=O)O. The molecular weight excluding hydrogens is 192 g/mol. The maximum atomic E-state index is 10.9. The van der Waals surface area contributed by atoms with E-state index in [2.05, 4.69) is 10.3 Å². The monoisotopic (exact) mass is 210 g/mol. The average Bonchev–Trinajstić information content (AvgIpc) is 2.63. The molecule has 1 atom stereocenters. The molecule has 3 N–H and O–H groups in total. The van der Waals surface area contributed by atoms with E-state index in [0.29, 0.717) is 13.1 Å². The molecule has 0 fully saturated rings. The second-order valence-corrected chi connectivity index (χ2v) is 4.04. The van der Waals surface area contributed by atoms with E-state index >= 15 is 0 Å². The van der Waals surface area contributed by atoms with Gasteiger partial charge in [-0.1, -0.05) is 13.8 Å². The second kappa shape index (κ2) is 5.56. The van der Waals surface area contributed by atoms with Crippen molar-refractivity contribution < 1.29 is 9.90 Å². The Morgan fingerprint density at radius 1 is 1.60 bits per heavy atom. The average molecular weight is 210 g/mol. The predicted octanol–water partition coefficient (Wildman–Crippen LogP) is 1.46. The number of aromatic nitrogens is 1. The van der Waals surface area contributed by atoms with E-state index in [0.717, 1.165) is 5.56 Å². The summed E-state index contributed by atoms with van der Waals surface area (Å²) in [7, 11) is 0. The van der Waals surface area contributed by atoms with Crippen LogP contribution in [-0.4, -0.2) is 22.6 Å². The van der Waals surface area contributed by atoms with Crippen LogP contribution >= 0.6 is 0 Å². The lowest BCUT2D eigenvalue weighted by molar-refractivity contribution is -0.143. The van der Waals surface area contributed by atoms with Gasteiger partial charge in [0.15, 0.2) is 0 Å². The van der Waals surface area contributed by atoms with E-state index in [4.69, 9.17) is 5.11 Å². The fourth-order valence-corrected chi connectivity index (χ4v) is 1.45. The summed E-state index contributed by atoms with van der Waals surface area (Å²) in [6.45, 7) is 5.08. The van der Waals surface area contributed by atoms with Crippen LogP contribution in [0.1, 0.15) is 19.4 Å². The molecule has 0 bridgehead atoms. The largest absolute Gasteiger partial charge is 0.481 e. The minimum absolute atomic E-state index is 0.154. The highest BCUT2D eigenvalue weighted by molar-refractivity contribution is 5.70. The molecule has 0 radical (unpaired) electrons. The fourth-order valence-electron chi connectivity index (χ4n) is 1.45. The molecule has 0 saturated carbocycles. The Bertz CT molecular complexity index is 294. The van der Waals surface area contributed by atoms with Gasteiger partial charge < -0.3 is 15.4 Å². The molecule has 0 aliphatic heterocycles. The Hall–Kier alpha value is -1.29. The summed E-state index contributed by atoms with van der Waals surface area (Å²) in [5.74, 6) is -0.892. The first kappa shape index (κ1) is 11.8. The number of hydrogen-bond acceptors (Lipinski definition) is 2. The first-order valence-electron chi connectivity index (χ1n) is 5.16.